The van der Waals surface area contributed by atoms with Crippen LogP contribution in [0.5, 0.6) is 11.5 Å². The Hall–Kier alpha value is -3.19. The van der Waals surface area contributed by atoms with Crippen molar-refractivity contribution in [1.82, 2.24) is 5.01 Å². The molecule has 162 valence electrons. The minimum atomic E-state index is -0.413. The highest BCUT2D eigenvalue weighted by molar-refractivity contribution is 9.10. The van der Waals surface area contributed by atoms with E-state index in [1.165, 1.54) is 17.3 Å². The number of aryl methyl sites for hydroxylation is 2. The van der Waals surface area contributed by atoms with Crippen molar-refractivity contribution in [3.63, 3.8) is 0 Å². The van der Waals surface area contributed by atoms with Gasteiger partial charge in [0.05, 0.1) is 35.0 Å². The molecule has 2 aliphatic rings. The Balaban J connectivity index is 1.53. The van der Waals surface area contributed by atoms with E-state index in [9.17, 15) is 9.59 Å². The summed E-state index contributed by atoms with van der Waals surface area (Å²) >= 11 is 3.50. The van der Waals surface area contributed by atoms with E-state index >= 15 is 0 Å². The van der Waals surface area contributed by atoms with Crippen LogP contribution >= 0.6 is 15.9 Å². The van der Waals surface area contributed by atoms with E-state index in [2.05, 4.69) is 21.0 Å². The van der Waals surface area contributed by atoms with Crippen LogP contribution in [-0.4, -0.2) is 36.3 Å². The van der Waals surface area contributed by atoms with Crippen molar-refractivity contribution in [3.8, 4) is 11.5 Å². The maximum atomic E-state index is 13.2. The monoisotopic (exact) mass is 492 g/mol. The average Bonchev–Trinajstić information content (AvgIpc) is 3.21. The number of amides is 2. The molecule has 1 aliphatic heterocycles. The van der Waals surface area contributed by atoms with E-state index in [4.69, 9.17) is 9.47 Å². The van der Waals surface area contributed by atoms with Crippen LogP contribution in [0.2, 0.25) is 0 Å². The summed E-state index contributed by atoms with van der Waals surface area (Å²) in [5.41, 5.74) is 4.09. The van der Waals surface area contributed by atoms with Gasteiger partial charge >= 0.3 is 0 Å². The van der Waals surface area contributed by atoms with E-state index in [-0.39, 0.29) is 0 Å². The second-order valence-corrected chi connectivity index (χ2v) is 8.51. The normalized spacial score (nSPS) is 14.7. The molecule has 0 radical (unpaired) electrons. The van der Waals surface area contributed by atoms with Crippen molar-refractivity contribution < 1.29 is 19.1 Å². The number of hydrogen-bond acceptors (Lipinski definition) is 5. The lowest BCUT2D eigenvalue weighted by Crippen LogP contribution is -2.36. The van der Waals surface area contributed by atoms with Crippen LogP contribution < -0.4 is 9.47 Å². The Morgan fingerprint density at radius 1 is 0.938 bits per heavy atom. The number of imide groups is 1. The number of nitrogens with zero attached hydrogens (tertiary/aromatic N) is 2. The van der Waals surface area contributed by atoms with Crippen LogP contribution in [0.4, 0.5) is 0 Å². The highest BCUT2D eigenvalue weighted by Crippen LogP contribution is 2.39. The number of halogens is 1. The van der Waals surface area contributed by atoms with Gasteiger partial charge in [0, 0.05) is 5.39 Å². The summed E-state index contributed by atoms with van der Waals surface area (Å²) in [5.74, 6) is 0.346. The fourth-order valence-corrected chi connectivity index (χ4v) is 5.02. The van der Waals surface area contributed by atoms with Crippen molar-refractivity contribution in [2.24, 2.45) is 5.10 Å². The Morgan fingerprint density at radius 3 is 2.16 bits per heavy atom. The predicted octanol–water partition coefficient (Wildman–Crippen LogP) is 5.13. The molecule has 2 amide bonds. The molecule has 0 aromatic heterocycles. The molecule has 5 rings (SSSR count). The van der Waals surface area contributed by atoms with E-state index in [1.807, 2.05) is 44.2 Å². The number of rotatable bonds is 6. The zero-order valence-corrected chi connectivity index (χ0v) is 19.4. The first-order valence-corrected chi connectivity index (χ1v) is 11.4. The van der Waals surface area contributed by atoms with Gasteiger partial charge in [-0.05, 0) is 89.0 Å². The van der Waals surface area contributed by atoms with Crippen LogP contribution in [-0.2, 0) is 12.8 Å². The molecule has 0 bridgehead atoms. The van der Waals surface area contributed by atoms with Gasteiger partial charge < -0.3 is 9.47 Å². The second-order valence-electron chi connectivity index (χ2n) is 7.66. The number of ether oxygens (including phenoxy) is 2. The summed E-state index contributed by atoms with van der Waals surface area (Å²) in [4.78, 5) is 26.4. The van der Waals surface area contributed by atoms with Crippen molar-refractivity contribution in [2.75, 3.05) is 13.2 Å². The summed E-state index contributed by atoms with van der Waals surface area (Å²) in [6, 6.07) is 11.2. The van der Waals surface area contributed by atoms with Crippen LogP contribution in [0, 0.1) is 0 Å². The number of benzene rings is 3. The van der Waals surface area contributed by atoms with Gasteiger partial charge in [-0.1, -0.05) is 12.1 Å². The summed E-state index contributed by atoms with van der Waals surface area (Å²) < 4.78 is 12.1. The van der Waals surface area contributed by atoms with E-state index in [0.29, 0.717) is 45.9 Å². The maximum absolute atomic E-state index is 13.2. The smallest absolute Gasteiger partial charge is 0.282 e. The molecule has 0 atom stereocenters. The van der Waals surface area contributed by atoms with Gasteiger partial charge in [0.1, 0.15) is 0 Å². The molecular weight excluding hydrogens is 472 g/mol. The molecule has 7 heteroatoms. The largest absolute Gasteiger partial charge is 0.490 e. The lowest BCUT2D eigenvalue weighted by atomic mass is 9.92. The van der Waals surface area contributed by atoms with E-state index < -0.39 is 11.8 Å². The molecular formula is C25H21BrN2O4. The second kappa shape index (κ2) is 8.06. The van der Waals surface area contributed by atoms with E-state index in [0.717, 1.165) is 28.6 Å². The molecule has 1 heterocycles. The fourth-order valence-electron chi connectivity index (χ4n) is 4.44. The van der Waals surface area contributed by atoms with Gasteiger partial charge in [0.2, 0.25) is 0 Å². The lowest BCUT2D eigenvalue weighted by molar-refractivity contribution is 0.0616. The molecule has 0 N–H and O–H groups in total. The molecule has 0 unspecified atom stereocenters. The molecule has 1 aliphatic carbocycles. The number of carbonyl (C=O) groups is 2. The maximum Gasteiger partial charge on any atom is 0.282 e. The topological polar surface area (TPSA) is 68.2 Å². The van der Waals surface area contributed by atoms with Crippen LogP contribution in [0.3, 0.4) is 0 Å². The van der Waals surface area contributed by atoms with E-state index in [1.54, 1.807) is 6.07 Å². The van der Waals surface area contributed by atoms with Gasteiger partial charge in [-0.15, -0.1) is 0 Å². The van der Waals surface area contributed by atoms with Crippen molar-refractivity contribution in [3.05, 3.63) is 68.7 Å². The SMILES string of the molecule is CCOc1cc(/C=N\N2C(=O)c3ccc4c5c(ccc(c35)C2=O)CC4)cc(Br)c1OCC. The van der Waals surface area contributed by atoms with Gasteiger partial charge in [-0.3, -0.25) is 9.59 Å². The Morgan fingerprint density at radius 2 is 1.56 bits per heavy atom. The number of hydrazone groups is 1. The molecule has 0 fully saturated rings. The summed E-state index contributed by atoms with van der Waals surface area (Å²) in [5, 5.41) is 7.04. The van der Waals surface area contributed by atoms with Gasteiger partial charge in [-0.2, -0.15) is 10.1 Å². The fraction of sp³-hybridized carbons (Fsp3) is 0.240. The zero-order valence-electron chi connectivity index (χ0n) is 17.8. The molecule has 0 saturated heterocycles. The van der Waals surface area contributed by atoms with Crippen LogP contribution in [0.15, 0.2) is 46.0 Å². The molecule has 3 aromatic carbocycles. The van der Waals surface area contributed by atoms with Crippen molar-refractivity contribution >= 4 is 44.7 Å². The predicted molar refractivity (Wildman–Crippen MR) is 126 cm³/mol. The first kappa shape index (κ1) is 20.7. The Labute approximate surface area is 193 Å². The summed E-state index contributed by atoms with van der Waals surface area (Å²) in [6.45, 7) is 4.76. The first-order chi connectivity index (χ1) is 15.5. The minimum Gasteiger partial charge on any atom is -0.490 e. The van der Waals surface area contributed by atoms with Gasteiger partial charge in [0.15, 0.2) is 11.5 Å². The molecule has 6 nitrogen and oxygen atoms in total. The minimum absolute atomic E-state index is 0.413. The summed E-state index contributed by atoms with van der Waals surface area (Å²) in [6.07, 6.45) is 3.37. The average molecular weight is 493 g/mol. The quantitative estimate of drug-likeness (QED) is 0.353. The molecule has 32 heavy (non-hydrogen) atoms. The summed E-state index contributed by atoms with van der Waals surface area (Å²) in [7, 11) is 0. The third-order valence-corrected chi connectivity index (χ3v) is 6.37. The molecule has 0 saturated carbocycles. The standard InChI is InChI=1S/C25H21BrN2O4/c1-3-31-20-12-14(11-19(26)23(20)32-4-2)13-27-28-24(29)17-9-7-15-5-6-16-8-10-18(25(28)30)22(17)21(15)16/h7-13H,3-6H2,1-2H3/b27-13-. The highest BCUT2D eigenvalue weighted by atomic mass is 79.9. The first-order valence-electron chi connectivity index (χ1n) is 10.6. The van der Waals surface area contributed by atoms with Gasteiger partial charge in [0.25, 0.3) is 11.8 Å². The lowest BCUT2D eigenvalue weighted by Gasteiger charge is -2.23. The Bertz CT molecular complexity index is 1260. The third kappa shape index (κ3) is 3.19. The zero-order chi connectivity index (χ0) is 22.4. The van der Waals surface area contributed by atoms with Crippen molar-refractivity contribution in [1.29, 1.82) is 0 Å². The van der Waals surface area contributed by atoms with Crippen LogP contribution in [0.1, 0.15) is 51.3 Å². The number of hydrogen-bond donors (Lipinski definition) is 0. The van der Waals surface area contributed by atoms with Gasteiger partial charge in [-0.25, -0.2) is 0 Å². The molecule has 0 spiro atoms. The molecule has 3 aromatic rings. The van der Waals surface area contributed by atoms with Crippen LogP contribution in [0.25, 0.3) is 10.8 Å². The Kier molecular flexibility index (Phi) is 5.21. The number of carbonyl (C=O) groups excluding carboxylic acids is 2. The van der Waals surface area contributed by atoms with Crippen molar-refractivity contribution in [2.45, 2.75) is 26.7 Å². The highest BCUT2D eigenvalue weighted by Gasteiger charge is 2.35. The third-order valence-electron chi connectivity index (χ3n) is 5.79.